The molecule has 0 N–H and O–H groups in total. The van der Waals surface area contributed by atoms with Crippen LogP contribution in [-0.4, -0.2) is 18.1 Å². The minimum absolute atomic E-state index is 0.513. The third kappa shape index (κ3) is 3.34. The number of rotatable bonds is 1. The van der Waals surface area contributed by atoms with Crippen LogP contribution in [0.1, 0.15) is 37.0 Å². The largest absolute Gasteiger partial charge is 0.427 e. The molecule has 1 aliphatic heterocycles. The second-order valence-electron chi connectivity index (χ2n) is 4.26. The number of alkyl halides is 3. The minimum atomic E-state index is -4.27. The fraction of sp³-hybridized carbons (Fsp3) is 0.727. The standard InChI is InChI=1S/C11H15F3N2S/c12-11(13,14)9-8-15-10(17-9)16-6-4-2-1-3-5-7-16/h8H,1-7H2. The lowest BCUT2D eigenvalue weighted by Gasteiger charge is -2.23. The SMILES string of the molecule is FC(F)(F)c1cnc(N2CCCCCCC2)s1. The van der Waals surface area contributed by atoms with Crippen LogP contribution in [0.3, 0.4) is 0 Å². The van der Waals surface area contributed by atoms with Gasteiger partial charge in [-0.05, 0) is 12.8 Å². The van der Waals surface area contributed by atoms with Gasteiger partial charge < -0.3 is 4.90 Å². The van der Waals surface area contributed by atoms with Crippen molar-refractivity contribution in [3.8, 4) is 0 Å². The van der Waals surface area contributed by atoms with Crippen molar-refractivity contribution < 1.29 is 13.2 Å². The third-order valence-electron chi connectivity index (χ3n) is 2.90. The Hall–Kier alpha value is -0.780. The van der Waals surface area contributed by atoms with Crippen molar-refractivity contribution in [3.63, 3.8) is 0 Å². The molecule has 0 aromatic carbocycles. The van der Waals surface area contributed by atoms with Crippen LogP contribution in [0.15, 0.2) is 6.20 Å². The molecule has 1 saturated heterocycles. The molecule has 1 aromatic rings. The molecule has 2 heterocycles. The zero-order chi connectivity index (χ0) is 12.3. The quantitative estimate of drug-likeness (QED) is 0.764. The fourth-order valence-corrected chi connectivity index (χ4v) is 2.82. The Bertz CT molecular complexity index is 354. The predicted molar refractivity (Wildman–Crippen MR) is 62.4 cm³/mol. The minimum Gasteiger partial charge on any atom is -0.348 e. The van der Waals surface area contributed by atoms with Gasteiger partial charge in [-0.25, -0.2) is 4.98 Å². The smallest absolute Gasteiger partial charge is 0.348 e. The predicted octanol–water partition coefficient (Wildman–Crippen LogP) is 3.93. The maximum atomic E-state index is 12.5. The summed E-state index contributed by atoms with van der Waals surface area (Å²) >= 11 is 0.752. The summed E-state index contributed by atoms with van der Waals surface area (Å²) in [5.41, 5.74) is 0. The molecule has 0 saturated carbocycles. The second-order valence-corrected chi connectivity index (χ2v) is 5.27. The van der Waals surface area contributed by atoms with E-state index < -0.39 is 11.1 Å². The summed E-state index contributed by atoms with van der Waals surface area (Å²) in [6, 6.07) is 0. The Morgan fingerprint density at radius 3 is 2.18 bits per heavy atom. The summed E-state index contributed by atoms with van der Waals surface area (Å²) in [4.78, 5) is 5.29. The van der Waals surface area contributed by atoms with Crippen molar-refractivity contribution in [2.45, 2.75) is 38.3 Å². The van der Waals surface area contributed by atoms with Crippen LogP contribution in [0.4, 0.5) is 18.3 Å². The molecule has 1 aliphatic rings. The number of hydrogen-bond acceptors (Lipinski definition) is 3. The van der Waals surface area contributed by atoms with Gasteiger partial charge in [0.05, 0.1) is 6.20 Å². The van der Waals surface area contributed by atoms with Crippen molar-refractivity contribution in [2.24, 2.45) is 0 Å². The number of nitrogens with zero attached hydrogens (tertiary/aromatic N) is 2. The molecular formula is C11H15F3N2S. The molecule has 96 valence electrons. The number of anilines is 1. The summed E-state index contributed by atoms with van der Waals surface area (Å²) in [5, 5.41) is 0.513. The van der Waals surface area contributed by atoms with E-state index in [1.165, 1.54) is 6.42 Å². The maximum absolute atomic E-state index is 12.5. The van der Waals surface area contributed by atoms with Crippen LogP contribution in [0.5, 0.6) is 0 Å². The zero-order valence-corrected chi connectivity index (χ0v) is 10.3. The monoisotopic (exact) mass is 264 g/mol. The van der Waals surface area contributed by atoms with Crippen molar-refractivity contribution in [3.05, 3.63) is 11.1 Å². The summed E-state index contributed by atoms with van der Waals surface area (Å²) in [7, 11) is 0. The summed E-state index contributed by atoms with van der Waals surface area (Å²) < 4.78 is 37.4. The van der Waals surface area contributed by atoms with Gasteiger partial charge in [0.25, 0.3) is 0 Å². The molecule has 0 spiro atoms. The second kappa shape index (κ2) is 5.25. The Balaban J connectivity index is 2.07. The molecule has 2 nitrogen and oxygen atoms in total. The molecule has 2 rings (SSSR count). The highest BCUT2D eigenvalue weighted by atomic mass is 32.1. The zero-order valence-electron chi connectivity index (χ0n) is 9.46. The highest BCUT2D eigenvalue weighted by Gasteiger charge is 2.33. The van der Waals surface area contributed by atoms with E-state index in [4.69, 9.17) is 0 Å². The van der Waals surface area contributed by atoms with Gasteiger partial charge >= 0.3 is 6.18 Å². The van der Waals surface area contributed by atoms with Gasteiger partial charge in [0.1, 0.15) is 4.88 Å². The summed E-state index contributed by atoms with van der Waals surface area (Å²) in [6.45, 7) is 1.65. The number of hydrogen-bond donors (Lipinski definition) is 0. The maximum Gasteiger partial charge on any atom is 0.427 e. The Labute approximate surface area is 102 Å². The van der Waals surface area contributed by atoms with Gasteiger partial charge in [-0.3, -0.25) is 0 Å². The molecular weight excluding hydrogens is 249 g/mol. The molecule has 0 bridgehead atoms. The van der Waals surface area contributed by atoms with Gasteiger partial charge in [0.2, 0.25) is 0 Å². The first kappa shape index (κ1) is 12.7. The van der Waals surface area contributed by atoms with E-state index in [1.54, 1.807) is 0 Å². The van der Waals surface area contributed by atoms with E-state index >= 15 is 0 Å². The van der Waals surface area contributed by atoms with Crippen molar-refractivity contribution in [1.29, 1.82) is 0 Å². The lowest BCUT2D eigenvalue weighted by atomic mass is 10.1. The van der Waals surface area contributed by atoms with E-state index in [0.717, 1.165) is 56.3 Å². The van der Waals surface area contributed by atoms with Crippen molar-refractivity contribution in [1.82, 2.24) is 4.98 Å². The first-order valence-corrected chi connectivity index (χ1v) is 6.67. The Morgan fingerprint density at radius 1 is 1.06 bits per heavy atom. The molecule has 6 heteroatoms. The van der Waals surface area contributed by atoms with Crippen LogP contribution < -0.4 is 4.90 Å². The normalized spacial score (nSPS) is 18.9. The molecule has 0 atom stereocenters. The third-order valence-corrected chi connectivity index (χ3v) is 4.00. The van der Waals surface area contributed by atoms with Crippen LogP contribution in [0, 0.1) is 0 Å². The highest BCUT2D eigenvalue weighted by molar-refractivity contribution is 7.15. The molecule has 0 unspecified atom stereocenters. The van der Waals surface area contributed by atoms with E-state index in [-0.39, 0.29) is 0 Å². The number of aromatic nitrogens is 1. The van der Waals surface area contributed by atoms with Gasteiger partial charge in [-0.1, -0.05) is 30.6 Å². The van der Waals surface area contributed by atoms with Crippen LogP contribution in [0.25, 0.3) is 0 Å². The van der Waals surface area contributed by atoms with Gasteiger partial charge in [0, 0.05) is 13.1 Å². The van der Waals surface area contributed by atoms with Gasteiger partial charge in [0.15, 0.2) is 5.13 Å². The van der Waals surface area contributed by atoms with Crippen LogP contribution in [0.2, 0.25) is 0 Å². The molecule has 0 aliphatic carbocycles. The number of halogens is 3. The van der Waals surface area contributed by atoms with Crippen molar-refractivity contribution in [2.75, 3.05) is 18.0 Å². The molecule has 1 fully saturated rings. The van der Waals surface area contributed by atoms with Gasteiger partial charge in [-0.2, -0.15) is 13.2 Å². The lowest BCUT2D eigenvalue weighted by molar-refractivity contribution is -0.134. The first-order chi connectivity index (χ1) is 8.07. The van der Waals surface area contributed by atoms with E-state index in [0.29, 0.717) is 5.13 Å². The summed E-state index contributed by atoms with van der Waals surface area (Å²) in [5.74, 6) is 0. The number of thiazole rings is 1. The van der Waals surface area contributed by atoms with E-state index in [2.05, 4.69) is 4.98 Å². The van der Waals surface area contributed by atoms with Crippen LogP contribution >= 0.6 is 11.3 Å². The van der Waals surface area contributed by atoms with Gasteiger partial charge in [-0.15, -0.1) is 0 Å². The van der Waals surface area contributed by atoms with E-state index in [1.807, 2.05) is 4.90 Å². The topological polar surface area (TPSA) is 16.1 Å². The molecule has 1 aromatic heterocycles. The molecule has 0 radical (unpaired) electrons. The molecule has 0 amide bonds. The highest BCUT2D eigenvalue weighted by Crippen LogP contribution is 2.36. The van der Waals surface area contributed by atoms with Crippen molar-refractivity contribution >= 4 is 16.5 Å². The van der Waals surface area contributed by atoms with Crippen LogP contribution in [-0.2, 0) is 6.18 Å². The average molecular weight is 264 g/mol. The first-order valence-electron chi connectivity index (χ1n) is 5.85. The summed E-state index contributed by atoms with van der Waals surface area (Å²) in [6.07, 6.45) is 2.32. The lowest BCUT2D eigenvalue weighted by Crippen LogP contribution is -2.26. The Kier molecular flexibility index (Phi) is 3.91. The fourth-order valence-electron chi connectivity index (χ4n) is 1.98. The average Bonchev–Trinajstić information content (AvgIpc) is 2.65. The Morgan fingerprint density at radius 2 is 1.65 bits per heavy atom. The van der Waals surface area contributed by atoms with E-state index in [9.17, 15) is 13.2 Å². The molecule has 17 heavy (non-hydrogen) atoms.